The maximum atomic E-state index is 10.1. The molecular weight excluding hydrogens is 130 g/mol. The maximum Gasteiger partial charge on any atom is 0.303 e. The minimum absolute atomic E-state index is 0.263. The summed E-state index contributed by atoms with van der Waals surface area (Å²) in [4.78, 5) is 10.1. The molecule has 2 N–H and O–H groups in total. The molecule has 0 spiro atoms. The third kappa shape index (κ3) is 4.32. The lowest BCUT2D eigenvalue weighted by atomic mass is 10.1. The minimum Gasteiger partial charge on any atom is -0.481 e. The SMILES string of the molecule is CCC(CCC(=O)O)NC. The third-order valence-electron chi connectivity index (χ3n) is 1.61. The monoisotopic (exact) mass is 145 g/mol. The van der Waals surface area contributed by atoms with Crippen LogP contribution in [0.3, 0.4) is 0 Å². The molecule has 10 heavy (non-hydrogen) atoms. The number of aliphatic carboxylic acids is 1. The fourth-order valence-electron chi connectivity index (χ4n) is 0.850. The van der Waals surface area contributed by atoms with E-state index in [0.717, 1.165) is 12.8 Å². The molecule has 0 bridgehead atoms. The van der Waals surface area contributed by atoms with Gasteiger partial charge < -0.3 is 10.4 Å². The van der Waals surface area contributed by atoms with Crippen LogP contribution < -0.4 is 5.32 Å². The molecule has 0 aliphatic rings. The van der Waals surface area contributed by atoms with Gasteiger partial charge in [0, 0.05) is 12.5 Å². The maximum absolute atomic E-state index is 10.1. The molecule has 0 fully saturated rings. The number of carbonyl (C=O) groups is 1. The van der Waals surface area contributed by atoms with Crippen LogP contribution in [-0.4, -0.2) is 24.2 Å². The van der Waals surface area contributed by atoms with Crippen molar-refractivity contribution in [2.75, 3.05) is 7.05 Å². The van der Waals surface area contributed by atoms with Crippen molar-refractivity contribution in [2.24, 2.45) is 0 Å². The van der Waals surface area contributed by atoms with Crippen LogP contribution in [0.4, 0.5) is 0 Å². The van der Waals surface area contributed by atoms with Crippen molar-refractivity contribution in [1.82, 2.24) is 5.32 Å². The second kappa shape index (κ2) is 5.23. The quantitative estimate of drug-likeness (QED) is 0.603. The average Bonchev–Trinajstić information content (AvgIpc) is 1.90. The van der Waals surface area contributed by atoms with E-state index < -0.39 is 5.97 Å². The van der Waals surface area contributed by atoms with E-state index in [4.69, 9.17) is 5.11 Å². The molecule has 1 unspecified atom stereocenters. The predicted molar refractivity (Wildman–Crippen MR) is 40.0 cm³/mol. The lowest BCUT2D eigenvalue weighted by Crippen LogP contribution is -2.24. The van der Waals surface area contributed by atoms with Crippen molar-refractivity contribution in [3.05, 3.63) is 0 Å². The number of carboxylic acids is 1. The Morgan fingerprint density at radius 2 is 2.30 bits per heavy atom. The van der Waals surface area contributed by atoms with Gasteiger partial charge in [-0.1, -0.05) is 6.92 Å². The van der Waals surface area contributed by atoms with Crippen LogP contribution in [-0.2, 0) is 4.79 Å². The van der Waals surface area contributed by atoms with Crippen LogP contribution in [0.1, 0.15) is 26.2 Å². The van der Waals surface area contributed by atoms with Crippen molar-refractivity contribution in [1.29, 1.82) is 0 Å². The summed E-state index contributed by atoms with van der Waals surface area (Å²) in [7, 11) is 1.86. The number of nitrogens with one attached hydrogen (secondary N) is 1. The zero-order valence-corrected chi connectivity index (χ0v) is 6.55. The summed E-state index contributed by atoms with van der Waals surface area (Å²) in [6.07, 6.45) is 1.98. The Balaban J connectivity index is 3.34. The Morgan fingerprint density at radius 1 is 1.70 bits per heavy atom. The van der Waals surface area contributed by atoms with Crippen molar-refractivity contribution in [3.63, 3.8) is 0 Å². The van der Waals surface area contributed by atoms with Crippen LogP contribution in [0.5, 0.6) is 0 Å². The molecule has 0 aliphatic carbocycles. The Bertz CT molecular complexity index is 99.8. The second-order valence-electron chi connectivity index (χ2n) is 2.33. The van der Waals surface area contributed by atoms with Crippen LogP contribution >= 0.6 is 0 Å². The zero-order valence-electron chi connectivity index (χ0n) is 6.55. The third-order valence-corrected chi connectivity index (χ3v) is 1.61. The normalized spacial score (nSPS) is 13.0. The van der Waals surface area contributed by atoms with Gasteiger partial charge in [-0.3, -0.25) is 4.79 Å². The van der Waals surface area contributed by atoms with E-state index in [2.05, 4.69) is 5.32 Å². The zero-order chi connectivity index (χ0) is 7.98. The highest BCUT2D eigenvalue weighted by Gasteiger charge is 2.04. The van der Waals surface area contributed by atoms with E-state index in [9.17, 15) is 4.79 Å². The van der Waals surface area contributed by atoms with Gasteiger partial charge in [-0.15, -0.1) is 0 Å². The lowest BCUT2D eigenvalue weighted by Gasteiger charge is -2.10. The largest absolute Gasteiger partial charge is 0.481 e. The van der Waals surface area contributed by atoms with E-state index in [-0.39, 0.29) is 6.42 Å². The van der Waals surface area contributed by atoms with Gasteiger partial charge in [0.1, 0.15) is 0 Å². The summed E-state index contributed by atoms with van der Waals surface area (Å²) in [6, 6.07) is 0.357. The fourth-order valence-corrected chi connectivity index (χ4v) is 0.850. The summed E-state index contributed by atoms with van der Waals surface area (Å²) in [5.74, 6) is -0.714. The molecule has 0 aromatic rings. The van der Waals surface area contributed by atoms with Crippen LogP contribution in [0.25, 0.3) is 0 Å². The van der Waals surface area contributed by atoms with Crippen LogP contribution in [0.15, 0.2) is 0 Å². The Hall–Kier alpha value is -0.570. The van der Waals surface area contributed by atoms with Crippen molar-refractivity contribution in [2.45, 2.75) is 32.2 Å². The first-order valence-corrected chi connectivity index (χ1v) is 3.59. The van der Waals surface area contributed by atoms with E-state index in [1.165, 1.54) is 0 Å². The van der Waals surface area contributed by atoms with Gasteiger partial charge in [-0.25, -0.2) is 0 Å². The van der Waals surface area contributed by atoms with E-state index >= 15 is 0 Å². The second-order valence-corrected chi connectivity index (χ2v) is 2.33. The first kappa shape index (κ1) is 9.43. The molecule has 0 amide bonds. The smallest absolute Gasteiger partial charge is 0.303 e. The standard InChI is InChI=1S/C7H15NO2/c1-3-6(8-2)4-5-7(9)10/h6,8H,3-5H2,1-2H3,(H,9,10). The van der Waals surface area contributed by atoms with Crippen molar-refractivity contribution < 1.29 is 9.90 Å². The predicted octanol–water partition coefficient (Wildman–Crippen LogP) is 0.849. The van der Waals surface area contributed by atoms with Crippen molar-refractivity contribution in [3.8, 4) is 0 Å². The fraction of sp³-hybridized carbons (Fsp3) is 0.857. The van der Waals surface area contributed by atoms with Crippen LogP contribution in [0.2, 0.25) is 0 Å². The minimum atomic E-state index is -0.714. The molecule has 0 saturated heterocycles. The number of carboxylic acid groups (broad SMARTS) is 1. The molecule has 60 valence electrons. The Morgan fingerprint density at radius 3 is 2.60 bits per heavy atom. The molecule has 0 saturated carbocycles. The van der Waals surface area contributed by atoms with E-state index in [0.29, 0.717) is 6.04 Å². The van der Waals surface area contributed by atoms with Crippen LogP contribution in [0, 0.1) is 0 Å². The molecule has 3 nitrogen and oxygen atoms in total. The van der Waals surface area contributed by atoms with Gasteiger partial charge in [-0.2, -0.15) is 0 Å². The summed E-state index contributed by atoms with van der Waals surface area (Å²) >= 11 is 0. The molecule has 0 rings (SSSR count). The Labute approximate surface area is 61.4 Å². The van der Waals surface area contributed by atoms with Gasteiger partial charge in [-0.05, 0) is 19.9 Å². The average molecular weight is 145 g/mol. The highest BCUT2D eigenvalue weighted by atomic mass is 16.4. The Kier molecular flexibility index (Phi) is 4.94. The molecule has 3 heteroatoms. The topological polar surface area (TPSA) is 49.3 Å². The van der Waals surface area contributed by atoms with Gasteiger partial charge in [0.2, 0.25) is 0 Å². The summed E-state index contributed by atoms with van der Waals surface area (Å²) in [5, 5.41) is 11.4. The molecule has 0 aliphatic heterocycles. The van der Waals surface area contributed by atoms with E-state index in [1.807, 2.05) is 14.0 Å². The van der Waals surface area contributed by atoms with Gasteiger partial charge in [0.25, 0.3) is 0 Å². The highest BCUT2D eigenvalue weighted by molar-refractivity contribution is 5.66. The van der Waals surface area contributed by atoms with Gasteiger partial charge in [0.15, 0.2) is 0 Å². The molecule has 0 aromatic heterocycles. The van der Waals surface area contributed by atoms with Crippen molar-refractivity contribution >= 4 is 5.97 Å². The molecule has 0 aromatic carbocycles. The summed E-state index contributed by atoms with van der Waals surface area (Å²) in [6.45, 7) is 2.04. The van der Waals surface area contributed by atoms with E-state index in [1.54, 1.807) is 0 Å². The summed E-state index contributed by atoms with van der Waals surface area (Å²) < 4.78 is 0. The summed E-state index contributed by atoms with van der Waals surface area (Å²) in [5.41, 5.74) is 0. The first-order chi connectivity index (χ1) is 4.70. The number of rotatable bonds is 5. The van der Waals surface area contributed by atoms with Gasteiger partial charge in [0.05, 0.1) is 0 Å². The number of hydrogen-bond acceptors (Lipinski definition) is 2. The molecule has 0 radical (unpaired) electrons. The molecule has 1 atom stereocenters. The lowest BCUT2D eigenvalue weighted by molar-refractivity contribution is -0.137. The highest BCUT2D eigenvalue weighted by Crippen LogP contribution is 1.99. The molecular formula is C7H15NO2. The van der Waals surface area contributed by atoms with Gasteiger partial charge >= 0.3 is 5.97 Å². The first-order valence-electron chi connectivity index (χ1n) is 3.59. The number of hydrogen-bond donors (Lipinski definition) is 2. The molecule has 0 heterocycles.